The lowest BCUT2D eigenvalue weighted by Crippen LogP contribution is -2.33. The Labute approximate surface area is 91.3 Å². The predicted molar refractivity (Wildman–Crippen MR) is 58.6 cm³/mol. The zero-order chi connectivity index (χ0) is 11.5. The second-order valence-corrected chi connectivity index (χ2v) is 3.30. The minimum atomic E-state index is -0.0119. The third kappa shape index (κ3) is 9.65. The number of methoxy groups -OCH3 is 1. The summed E-state index contributed by atoms with van der Waals surface area (Å²) < 4.78 is 9.95. The molecule has 1 amide bonds. The molecular formula is C10H22N2O3. The van der Waals surface area contributed by atoms with Gasteiger partial charge in [-0.15, -0.1) is 0 Å². The fourth-order valence-electron chi connectivity index (χ4n) is 1.09. The van der Waals surface area contributed by atoms with Crippen molar-refractivity contribution in [3.63, 3.8) is 0 Å². The molecule has 0 aromatic rings. The van der Waals surface area contributed by atoms with E-state index in [-0.39, 0.29) is 11.9 Å². The van der Waals surface area contributed by atoms with Gasteiger partial charge in [0, 0.05) is 32.7 Å². The molecule has 0 bridgehead atoms. The Hall–Kier alpha value is -0.650. The van der Waals surface area contributed by atoms with E-state index in [1.807, 2.05) is 6.92 Å². The standard InChI is InChI=1S/C10H22N2O3/c1-3-15-7-5-10(13)12-6-4-9(11)8-14-2/h9H,3-8,11H2,1-2H3,(H,12,13). The van der Waals surface area contributed by atoms with Crippen molar-refractivity contribution >= 4 is 5.91 Å². The van der Waals surface area contributed by atoms with Crippen molar-refractivity contribution in [3.8, 4) is 0 Å². The highest BCUT2D eigenvalue weighted by atomic mass is 16.5. The van der Waals surface area contributed by atoms with Crippen LogP contribution >= 0.6 is 0 Å². The van der Waals surface area contributed by atoms with Gasteiger partial charge in [-0.05, 0) is 13.3 Å². The fraction of sp³-hybridized carbons (Fsp3) is 0.900. The second kappa shape index (κ2) is 9.89. The summed E-state index contributed by atoms with van der Waals surface area (Å²) in [6.45, 7) is 4.14. The van der Waals surface area contributed by atoms with Crippen molar-refractivity contribution in [2.24, 2.45) is 5.73 Å². The molecule has 0 heterocycles. The van der Waals surface area contributed by atoms with E-state index in [4.69, 9.17) is 15.2 Å². The summed E-state index contributed by atoms with van der Waals surface area (Å²) >= 11 is 0. The Bertz CT molecular complexity index is 165. The number of ether oxygens (including phenoxy) is 2. The number of hydrogen-bond donors (Lipinski definition) is 2. The molecule has 0 aliphatic heterocycles. The molecule has 0 radical (unpaired) electrons. The molecule has 1 atom stereocenters. The summed E-state index contributed by atoms with van der Waals surface area (Å²) in [7, 11) is 1.61. The number of carbonyl (C=O) groups excluding carboxylic acids is 1. The van der Waals surface area contributed by atoms with Crippen LogP contribution in [0.3, 0.4) is 0 Å². The second-order valence-electron chi connectivity index (χ2n) is 3.30. The predicted octanol–water partition coefficient (Wildman–Crippen LogP) is -0.107. The van der Waals surface area contributed by atoms with Crippen LogP contribution in [0.15, 0.2) is 0 Å². The van der Waals surface area contributed by atoms with Crippen molar-refractivity contribution in [1.29, 1.82) is 0 Å². The number of amides is 1. The van der Waals surface area contributed by atoms with Crippen LogP contribution in [0.4, 0.5) is 0 Å². The maximum Gasteiger partial charge on any atom is 0.222 e. The lowest BCUT2D eigenvalue weighted by molar-refractivity contribution is -0.122. The van der Waals surface area contributed by atoms with E-state index in [9.17, 15) is 4.79 Å². The van der Waals surface area contributed by atoms with Crippen LogP contribution in [0.25, 0.3) is 0 Å². The summed E-state index contributed by atoms with van der Waals surface area (Å²) in [4.78, 5) is 11.2. The Balaban J connectivity index is 3.30. The van der Waals surface area contributed by atoms with E-state index in [0.29, 0.717) is 32.8 Å². The molecule has 5 heteroatoms. The quantitative estimate of drug-likeness (QED) is 0.530. The number of hydrogen-bond acceptors (Lipinski definition) is 4. The van der Waals surface area contributed by atoms with Gasteiger partial charge in [-0.3, -0.25) is 4.79 Å². The van der Waals surface area contributed by atoms with Crippen molar-refractivity contribution in [1.82, 2.24) is 5.32 Å². The molecule has 0 spiro atoms. The normalized spacial score (nSPS) is 12.5. The van der Waals surface area contributed by atoms with Gasteiger partial charge in [0.2, 0.25) is 5.91 Å². The minimum Gasteiger partial charge on any atom is -0.383 e. The largest absolute Gasteiger partial charge is 0.383 e. The highest BCUT2D eigenvalue weighted by molar-refractivity contribution is 5.75. The van der Waals surface area contributed by atoms with Crippen LogP contribution in [0.2, 0.25) is 0 Å². The molecular weight excluding hydrogens is 196 g/mol. The molecule has 3 N–H and O–H groups in total. The van der Waals surface area contributed by atoms with Crippen molar-refractivity contribution in [2.45, 2.75) is 25.8 Å². The third-order valence-corrected chi connectivity index (χ3v) is 1.90. The Morgan fingerprint density at radius 2 is 2.27 bits per heavy atom. The van der Waals surface area contributed by atoms with Gasteiger partial charge < -0.3 is 20.5 Å². The smallest absolute Gasteiger partial charge is 0.222 e. The summed E-state index contributed by atoms with van der Waals surface area (Å²) in [6.07, 6.45) is 1.14. The van der Waals surface area contributed by atoms with Gasteiger partial charge in [-0.25, -0.2) is 0 Å². The zero-order valence-electron chi connectivity index (χ0n) is 9.62. The van der Waals surface area contributed by atoms with E-state index >= 15 is 0 Å². The van der Waals surface area contributed by atoms with Crippen LogP contribution in [0, 0.1) is 0 Å². The van der Waals surface area contributed by atoms with Crippen molar-refractivity contribution in [3.05, 3.63) is 0 Å². The lowest BCUT2D eigenvalue weighted by atomic mass is 10.2. The van der Waals surface area contributed by atoms with Gasteiger partial charge in [-0.1, -0.05) is 0 Å². The number of nitrogens with two attached hydrogens (primary N) is 1. The van der Waals surface area contributed by atoms with Gasteiger partial charge in [-0.2, -0.15) is 0 Å². The molecule has 0 aliphatic carbocycles. The van der Waals surface area contributed by atoms with E-state index in [1.54, 1.807) is 7.11 Å². The molecule has 0 rings (SSSR count). The number of rotatable bonds is 9. The van der Waals surface area contributed by atoms with Crippen LogP contribution in [-0.4, -0.2) is 45.4 Å². The zero-order valence-corrected chi connectivity index (χ0v) is 9.62. The molecule has 0 aliphatic rings. The first-order valence-electron chi connectivity index (χ1n) is 5.29. The molecule has 1 unspecified atom stereocenters. The number of carbonyl (C=O) groups is 1. The highest BCUT2D eigenvalue weighted by Gasteiger charge is 2.03. The molecule has 0 saturated carbocycles. The Morgan fingerprint density at radius 1 is 1.53 bits per heavy atom. The highest BCUT2D eigenvalue weighted by Crippen LogP contribution is 1.88. The fourth-order valence-corrected chi connectivity index (χ4v) is 1.09. The van der Waals surface area contributed by atoms with E-state index < -0.39 is 0 Å². The number of nitrogens with one attached hydrogen (secondary N) is 1. The molecule has 0 saturated heterocycles. The average Bonchev–Trinajstić information content (AvgIpc) is 2.18. The minimum absolute atomic E-state index is 0.00747. The molecule has 0 aromatic carbocycles. The monoisotopic (exact) mass is 218 g/mol. The van der Waals surface area contributed by atoms with Gasteiger partial charge >= 0.3 is 0 Å². The summed E-state index contributed by atoms with van der Waals surface area (Å²) in [5, 5.41) is 2.78. The third-order valence-electron chi connectivity index (χ3n) is 1.90. The molecule has 5 nitrogen and oxygen atoms in total. The first kappa shape index (κ1) is 14.3. The summed E-state index contributed by atoms with van der Waals surface area (Å²) in [6, 6.07) is -0.0119. The molecule has 15 heavy (non-hydrogen) atoms. The van der Waals surface area contributed by atoms with Crippen LogP contribution in [0.5, 0.6) is 0 Å². The summed E-state index contributed by atoms with van der Waals surface area (Å²) in [5.74, 6) is 0.00747. The maximum absolute atomic E-state index is 11.2. The maximum atomic E-state index is 11.2. The Morgan fingerprint density at radius 3 is 2.87 bits per heavy atom. The molecule has 0 aromatic heterocycles. The van der Waals surface area contributed by atoms with Crippen LogP contribution < -0.4 is 11.1 Å². The molecule has 90 valence electrons. The first-order chi connectivity index (χ1) is 7.20. The Kier molecular flexibility index (Phi) is 9.46. The molecule has 0 fully saturated rings. The van der Waals surface area contributed by atoms with Gasteiger partial charge in [0.1, 0.15) is 0 Å². The van der Waals surface area contributed by atoms with Crippen molar-refractivity contribution < 1.29 is 14.3 Å². The van der Waals surface area contributed by atoms with Gasteiger partial charge in [0.05, 0.1) is 13.2 Å². The topological polar surface area (TPSA) is 73.6 Å². The van der Waals surface area contributed by atoms with Crippen LogP contribution in [0.1, 0.15) is 19.8 Å². The van der Waals surface area contributed by atoms with E-state index in [1.165, 1.54) is 0 Å². The van der Waals surface area contributed by atoms with Crippen molar-refractivity contribution in [2.75, 3.05) is 33.5 Å². The van der Waals surface area contributed by atoms with Gasteiger partial charge in [0.25, 0.3) is 0 Å². The summed E-state index contributed by atoms with van der Waals surface area (Å²) in [5.41, 5.74) is 5.69. The first-order valence-corrected chi connectivity index (χ1v) is 5.29. The van der Waals surface area contributed by atoms with E-state index in [0.717, 1.165) is 6.42 Å². The SMILES string of the molecule is CCOCCC(=O)NCCC(N)COC. The average molecular weight is 218 g/mol. The van der Waals surface area contributed by atoms with Crippen LogP contribution in [-0.2, 0) is 14.3 Å². The lowest BCUT2D eigenvalue weighted by Gasteiger charge is -2.10. The van der Waals surface area contributed by atoms with E-state index in [2.05, 4.69) is 5.32 Å². The van der Waals surface area contributed by atoms with Gasteiger partial charge in [0.15, 0.2) is 0 Å².